The molecule has 0 saturated carbocycles. The Labute approximate surface area is 170 Å². The number of rotatable bonds is 6. The van der Waals surface area contributed by atoms with Crippen LogP contribution >= 0.6 is 23.2 Å². The predicted molar refractivity (Wildman–Crippen MR) is 103 cm³/mol. The number of ether oxygens (including phenoxy) is 1. The molecule has 0 aromatic heterocycles. The van der Waals surface area contributed by atoms with Crippen LogP contribution in [0.5, 0.6) is 5.75 Å². The molecule has 4 N–H and O–H groups in total. The largest absolute Gasteiger partial charge is 0.496 e. The number of carbonyl (C=O) groups excluding carboxylic acids is 2. The number of methoxy groups -OCH3 is 1. The number of halogens is 2. The lowest BCUT2D eigenvalue weighted by Crippen LogP contribution is -2.37. The van der Waals surface area contributed by atoms with Gasteiger partial charge in [0.15, 0.2) is 11.4 Å². The second kappa shape index (κ2) is 7.69. The van der Waals surface area contributed by atoms with Crippen molar-refractivity contribution in [2.45, 2.75) is 25.2 Å². The van der Waals surface area contributed by atoms with Crippen molar-refractivity contribution < 1.29 is 29.6 Å². The maximum Gasteiger partial charge on any atom is 0.261 e. The SMILES string of the molecule is COc1ccc(C(=O)CC2(O)C(=O)Nc3c(Cl)ccc(Cl)c32)c(CO)c1CO. The summed E-state index contributed by atoms with van der Waals surface area (Å²) in [5.74, 6) is -1.14. The molecule has 7 nitrogen and oxygen atoms in total. The number of hydrogen-bond acceptors (Lipinski definition) is 6. The minimum Gasteiger partial charge on any atom is -0.496 e. The molecule has 1 atom stereocenters. The molecule has 1 aliphatic rings. The number of amides is 1. The molecule has 0 aliphatic carbocycles. The fourth-order valence-electron chi connectivity index (χ4n) is 3.38. The number of carbonyl (C=O) groups is 2. The maximum absolute atomic E-state index is 13.0. The first kappa shape index (κ1) is 20.6. The Morgan fingerprint density at radius 1 is 1.11 bits per heavy atom. The van der Waals surface area contributed by atoms with Crippen LogP contribution in [0.1, 0.15) is 33.5 Å². The summed E-state index contributed by atoms with van der Waals surface area (Å²) in [7, 11) is 1.39. The summed E-state index contributed by atoms with van der Waals surface area (Å²) in [6.45, 7) is -1.00. The second-order valence-electron chi connectivity index (χ2n) is 6.28. The smallest absolute Gasteiger partial charge is 0.261 e. The van der Waals surface area contributed by atoms with E-state index in [1.165, 1.54) is 31.4 Å². The molecule has 28 heavy (non-hydrogen) atoms. The maximum atomic E-state index is 13.0. The topological polar surface area (TPSA) is 116 Å². The van der Waals surface area contributed by atoms with E-state index in [0.29, 0.717) is 5.75 Å². The second-order valence-corrected chi connectivity index (χ2v) is 7.10. The van der Waals surface area contributed by atoms with E-state index in [4.69, 9.17) is 27.9 Å². The molecule has 2 aromatic rings. The van der Waals surface area contributed by atoms with Crippen LogP contribution in [-0.4, -0.2) is 34.1 Å². The molecule has 148 valence electrons. The molecule has 0 fully saturated rings. The quantitative estimate of drug-likeness (QED) is 0.528. The van der Waals surface area contributed by atoms with Gasteiger partial charge in [0, 0.05) is 21.7 Å². The van der Waals surface area contributed by atoms with Crippen molar-refractivity contribution >= 4 is 40.6 Å². The zero-order valence-corrected chi connectivity index (χ0v) is 16.3. The zero-order valence-electron chi connectivity index (χ0n) is 14.8. The standard InChI is InChI=1S/C19H17Cl2NO6/c1-28-15-5-2-9(10(7-23)11(15)8-24)14(25)6-19(27)16-12(20)3-4-13(21)17(16)22-18(19)26/h2-5,23-24,27H,6-8H2,1H3,(H,22,26). The van der Waals surface area contributed by atoms with Crippen molar-refractivity contribution in [3.8, 4) is 5.75 Å². The Balaban J connectivity index is 2.06. The van der Waals surface area contributed by atoms with E-state index < -0.39 is 36.9 Å². The highest BCUT2D eigenvalue weighted by Gasteiger charge is 2.49. The van der Waals surface area contributed by atoms with Crippen molar-refractivity contribution in [1.82, 2.24) is 0 Å². The minimum atomic E-state index is -2.22. The van der Waals surface area contributed by atoms with Crippen molar-refractivity contribution in [2.75, 3.05) is 12.4 Å². The predicted octanol–water partition coefficient (Wildman–Crippen LogP) is 2.40. The van der Waals surface area contributed by atoms with Gasteiger partial charge in [-0.25, -0.2) is 0 Å². The van der Waals surface area contributed by atoms with Crippen LogP contribution in [0.3, 0.4) is 0 Å². The normalized spacial score (nSPS) is 18.0. The number of aliphatic hydroxyl groups excluding tert-OH is 2. The summed E-state index contributed by atoms with van der Waals surface area (Å²) >= 11 is 12.2. The molecular formula is C19H17Cl2NO6. The highest BCUT2D eigenvalue weighted by Crippen LogP contribution is 2.46. The van der Waals surface area contributed by atoms with Gasteiger partial charge >= 0.3 is 0 Å². The first-order valence-electron chi connectivity index (χ1n) is 8.24. The number of fused-ring (bicyclic) bond motifs is 1. The molecule has 1 unspecified atom stereocenters. The van der Waals surface area contributed by atoms with Gasteiger partial charge in [0.2, 0.25) is 0 Å². The average Bonchev–Trinajstić information content (AvgIpc) is 2.94. The van der Waals surface area contributed by atoms with Crippen LogP contribution in [-0.2, 0) is 23.6 Å². The molecule has 2 aromatic carbocycles. The summed E-state index contributed by atoms with van der Waals surface area (Å²) in [5.41, 5.74) is -1.57. The van der Waals surface area contributed by atoms with Gasteiger partial charge < -0.3 is 25.4 Å². The number of Topliss-reactive ketones (excluding diaryl/α,β-unsaturated/α-hetero) is 1. The van der Waals surface area contributed by atoms with E-state index in [-0.39, 0.29) is 38.0 Å². The zero-order chi connectivity index (χ0) is 20.6. The molecule has 0 bridgehead atoms. The minimum absolute atomic E-state index is 0.0291. The number of benzene rings is 2. The summed E-state index contributed by atoms with van der Waals surface area (Å²) < 4.78 is 5.13. The van der Waals surface area contributed by atoms with Gasteiger partial charge in [-0.15, -0.1) is 0 Å². The van der Waals surface area contributed by atoms with Gasteiger partial charge in [-0.05, 0) is 29.8 Å². The third-order valence-corrected chi connectivity index (χ3v) is 5.40. The van der Waals surface area contributed by atoms with E-state index >= 15 is 0 Å². The van der Waals surface area contributed by atoms with Gasteiger partial charge in [-0.1, -0.05) is 23.2 Å². The molecular weight excluding hydrogens is 409 g/mol. The van der Waals surface area contributed by atoms with Gasteiger partial charge in [-0.3, -0.25) is 9.59 Å². The molecule has 3 rings (SSSR count). The Hall–Kier alpha value is -2.16. The lowest BCUT2D eigenvalue weighted by molar-refractivity contribution is -0.133. The monoisotopic (exact) mass is 425 g/mol. The van der Waals surface area contributed by atoms with Gasteiger partial charge in [0.25, 0.3) is 5.91 Å². The van der Waals surface area contributed by atoms with E-state index in [2.05, 4.69) is 5.32 Å². The molecule has 0 radical (unpaired) electrons. The third kappa shape index (κ3) is 3.15. The molecule has 1 aliphatic heterocycles. The number of hydrogen-bond donors (Lipinski definition) is 4. The van der Waals surface area contributed by atoms with Crippen LogP contribution in [0.2, 0.25) is 10.0 Å². The number of nitrogens with one attached hydrogen (secondary N) is 1. The van der Waals surface area contributed by atoms with E-state index in [9.17, 15) is 24.9 Å². The highest BCUT2D eigenvalue weighted by atomic mass is 35.5. The van der Waals surface area contributed by atoms with Gasteiger partial charge in [0.1, 0.15) is 5.75 Å². The molecule has 0 spiro atoms. The molecule has 1 heterocycles. The Morgan fingerprint density at radius 3 is 2.36 bits per heavy atom. The van der Waals surface area contributed by atoms with E-state index in [1.54, 1.807) is 0 Å². The van der Waals surface area contributed by atoms with Crippen molar-refractivity contribution in [3.05, 3.63) is 56.6 Å². The Kier molecular flexibility index (Phi) is 5.65. The van der Waals surface area contributed by atoms with Gasteiger partial charge in [0.05, 0.1) is 37.5 Å². The fourth-order valence-corrected chi connectivity index (χ4v) is 3.90. The Morgan fingerprint density at radius 2 is 1.75 bits per heavy atom. The lowest BCUT2D eigenvalue weighted by atomic mass is 9.86. The van der Waals surface area contributed by atoms with Gasteiger partial charge in [-0.2, -0.15) is 0 Å². The first-order valence-corrected chi connectivity index (χ1v) is 9.00. The van der Waals surface area contributed by atoms with Crippen molar-refractivity contribution in [1.29, 1.82) is 0 Å². The summed E-state index contributed by atoms with van der Waals surface area (Å²) in [6, 6.07) is 5.77. The fraction of sp³-hybridized carbons (Fsp3) is 0.263. The van der Waals surface area contributed by atoms with E-state index in [1.807, 2.05) is 0 Å². The van der Waals surface area contributed by atoms with Crippen LogP contribution in [0, 0.1) is 0 Å². The Bertz CT molecular complexity index is 977. The molecule has 0 saturated heterocycles. The lowest BCUT2D eigenvalue weighted by Gasteiger charge is -2.22. The summed E-state index contributed by atoms with van der Waals surface area (Å²) in [6.07, 6.45) is -0.629. The number of anilines is 1. The third-order valence-electron chi connectivity index (χ3n) is 4.77. The van der Waals surface area contributed by atoms with Crippen LogP contribution < -0.4 is 10.1 Å². The van der Waals surface area contributed by atoms with Crippen LogP contribution in [0.15, 0.2) is 24.3 Å². The van der Waals surface area contributed by atoms with Crippen LogP contribution in [0.4, 0.5) is 5.69 Å². The highest BCUT2D eigenvalue weighted by molar-refractivity contribution is 6.38. The number of aliphatic hydroxyl groups is 3. The first-order chi connectivity index (χ1) is 13.3. The summed E-state index contributed by atoms with van der Waals surface area (Å²) in [4.78, 5) is 25.4. The summed E-state index contributed by atoms with van der Waals surface area (Å²) in [5, 5.41) is 33.1. The molecule has 1 amide bonds. The van der Waals surface area contributed by atoms with Crippen LogP contribution in [0.25, 0.3) is 0 Å². The number of ketones is 1. The van der Waals surface area contributed by atoms with Crippen molar-refractivity contribution in [3.63, 3.8) is 0 Å². The van der Waals surface area contributed by atoms with Crippen molar-refractivity contribution in [2.24, 2.45) is 0 Å². The molecule has 9 heteroatoms. The average molecular weight is 426 g/mol. The van der Waals surface area contributed by atoms with E-state index in [0.717, 1.165) is 0 Å².